The summed E-state index contributed by atoms with van der Waals surface area (Å²) < 4.78 is 0. The highest BCUT2D eigenvalue weighted by atomic mass is 14.5. The summed E-state index contributed by atoms with van der Waals surface area (Å²) in [6.45, 7) is 26.3. The number of fused-ring (bicyclic) bond motifs is 4. The van der Waals surface area contributed by atoms with Crippen LogP contribution in [0.5, 0.6) is 0 Å². The molecule has 7 rings (SSSR count). The summed E-state index contributed by atoms with van der Waals surface area (Å²) >= 11 is 0. The summed E-state index contributed by atoms with van der Waals surface area (Å²) in [4.78, 5) is 0. The second-order valence-electron chi connectivity index (χ2n) is 17.1. The molecule has 0 unspecified atom stereocenters. The van der Waals surface area contributed by atoms with Crippen molar-refractivity contribution in [3.63, 3.8) is 0 Å². The minimum atomic E-state index is -0.0792. The van der Waals surface area contributed by atoms with Gasteiger partial charge in [0.15, 0.2) is 0 Å². The Bertz CT molecular complexity index is 1880. The smallest absolute Gasteiger partial charge is 0.0152 e. The second-order valence-corrected chi connectivity index (χ2v) is 17.1. The fourth-order valence-corrected chi connectivity index (χ4v) is 9.12. The molecule has 0 aliphatic heterocycles. The van der Waals surface area contributed by atoms with E-state index in [0.29, 0.717) is 0 Å². The van der Waals surface area contributed by atoms with Gasteiger partial charge in [-0.05, 0) is 89.9 Å². The van der Waals surface area contributed by atoms with Gasteiger partial charge in [0.2, 0.25) is 0 Å². The van der Waals surface area contributed by atoms with Gasteiger partial charge in [0.1, 0.15) is 0 Å². The van der Waals surface area contributed by atoms with E-state index in [9.17, 15) is 0 Å². The molecule has 0 heteroatoms. The lowest BCUT2D eigenvalue weighted by Gasteiger charge is -2.44. The largest absolute Gasteiger partial charge is 0.0619 e. The molecule has 0 saturated carbocycles. The number of hydrogen-bond acceptors (Lipinski definition) is 0. The molecular formula is C46H50. The minimum absolute atomic E-state index is 0.0446. The SMILES string of the molecule is CC(C)(C)c1c(-c2ccc3c(c2)C(C)(C)c2ccccc2C3(C)C)cccc1-c1ccc2c(c1)C(C)(C)c1ccccc1C2(C)C. The molecule has 234 valence electrons. The molecule has 0 aromatic heterocycles. The maximum absolute atomic E-state index is 2.51. The van der Waals surface area contributed by atoms with Gasteiger partial charge in [-0.3, -0.25) is 0 Å². The van der Waals surface area contributed by atoms with E-state index in [4.69, 9.17) is 0 Å². The first-order chi connectivity index (χ1) is 21.5. The van der Waals surface area contributed by atoms with E-state index < -0.39 is 0 Å². The van der Waals surface area contributed by atoms with Gasteiger partial charge in [-0.2, -0.15) is 0 Å². The van der Waals surface area contributed by atoms with Gasteiger partial charge in [-0.25, -0.2) is 0 Å². The summed E-state index contributed by atoms with van der Waals surface area (Å²) in [5, 5.41) is 0. The van der Waals surface area contributed by atoms with Crippen LogP contribution in [0.1, 0.15) is 126 Å². The van der Waals surface area contributed by atoms with Gasteiger partial charge in [0, 0.05) is 21.7 Å². The molecule has 2 aliphatic rings. The van der Waals surface area contributed by atoms with E-state index in [1.54, 1.807) is 0 Å². The van der Waals surface area contributed by atoms with E-state index >= 15 is 0 Å². The van der Waals surface area contributed by atoms with Crippen molar-refractivity contribution in [2.24, 2.45) is 0 Å². The van der Waals surface area contributed by atoms with Crippen LogP contribution in [0.3, 0.4) is 0 Å². The highest BCUT2D eigenvalue weighted by molar-refractivity contribution is 5.82. The van der Waals surface area contributed by atoms with Gasteiger partial charge in [0.25, 0.3) is 0 Å². The Morgan fingerprint density at radius 1 is 0.348 bits per heavy atom. The number of benzene rings is 5. The van der Waals surface area contributed by atoms with Crippen molar-refractivity contribution in [1.82, 2.24) is 0 Å². The Balaban J connectivity index is 1.43. The highest BCUT2D eigenvalue weighted by Crippen LogP contribution is 2.53. The Morgan fingerprint density at radius 3 is 0.978 bits per heavy atom. The second kappa shape index (κ2) is 9.80. The first-order valence-corrected chi connectivity index (χ1v) is 17.1. The van der Waals surface area contributed by atoms with E-state index in [1.165, 1.54) is 72.3 Å². The predicted octanol–water partition coefficient (Wildman–Crippen LogP) is 12.2. The fraction of sp³-hybridized carbons (Fsp3) is 0.348. The molecule has 2 aliphatic carbocycles. The van der Waals surface area contributed by atoms with E-state index in [0.717, 1.165) is 0 Å². The van der Waals surface area contributed by atoms with Crippen molar-refractivity contribution in [3.8, 4) is 22.3 Å². The van der Waals surface area contributed by atoms with Crippen molar-refractivity contribution in [3.05, 3.63) is 153 Å². The van der Waals surface area contributed by atoms with Crippen LogP contribution in [0.2, 0.25) is 0 Å². The van der Waals surface area contributed by atoms with Gasteiger partial charge in [0.05, 0.1) is 0 Å². The molecule has 0 fully saturated rings. The van der Waals surface area contributed by atoms with Crippen LogP contribution in [0.15, 0.2) is 103 Å². The Hall–Kier alpha value is -3.90. The first-order valence-electron chi connectivity index (χ1n) is 17.1. The average Bonchev–Trinajstić information content (AvgIpc) is 3.02. The highest BCUT2D eigenvalue weighted by Gasteiger charge is 2.43. The molecule has 0 N–H and O–H groups in total. The van der Waals surface area contributed by atoms with Crippen molar-refractivity contribution < 1.29 is 0 Å². The normalized spacial score (nSPS) is 18.2. The summed E-state index contributed by atoms with van der Waals surface area (Å²) in [6.07, 6.45) is 0. The molecular weight excluding hydrogens is 553 g/mol. The topological polar surface area (TPSA) is 0 Å². The Labute approximate surface area is 277 Å². The molecule has 0 atom stereocenters. The average molecular weight is 603 g/mol. The number of hydrogen-bond donors (Lipinski definition) is 0. The van der Waals surface area contributed by atoms with Gasteiger partial charge in [-0.1, -0.05) is 167 Å². The van der Waals surface area contributed by atoms with Crippen LogP contribution >= 0.6 is 0 Å². The summed E-state index contributed by atoms with van der Waals surface area (Å²) in [5.41, 5.74) is 17.9. The third-order valence-corrected chi connectivity index (χ3v) is 11.7. The molecule has 0 bridgehead atoms. The summed E-state index contributed by atoms with van der Waals surface area (Å²) in [5.74, 6) is 0. The van der Waals surface area contributed by atoms with Gasteiger partial charge in [-0.15, -0.1) is 0 Å². The Kier molecular flexibility index (Phi) is 6.55. The van der Waals surface area contributed by atoms with E-state index in [-0.39, 0.29) is 27.1 Å². The van der Waals surface area contributed by atoms with E-state index in [1.807, 2.05) is 0 Å². The zero-order valence-corrected chi connectivity index (χ0v) is 29.8. The molecule has 46 heavy (non-hydrogen) atoms. The lowest BCUT2D eigenvalue weighted by Crippen LogP contribution is -2.36. The van der Waals surface area contributed by atoms with Crippen LogP contribution in [-0.2, 0) is 27.1 Å². The van der Waals surface area contributed by atoms with Gasteiger partial charge < -0.3 is 0 Å². The van der Waals surface area contributed by atoms with Crippen LogP contribution in [0, 0.1) is 0 Å². The van der Waals surface area contributed by atoms with Crippen LogP contribution in [0.4, 0.5) is 0 Å². The quantitative estimate of drug-likeness (QED) is 0.189. The molecule has 5 aromatic rings. The standard InChI is InChI=1S/C46H50/c1-42(2,3)41-31(29-23-25-37-39(27-29)45(8,9)35-21-14-12-19-33(35)43(37,4)5)17-16-18-32(41)30-24-26-38-40(28-30)46(10,11)36-22-15-13-20-34(36)44(38,6)7/h12-28H,1-11H3. The fourth-order valence-electron chi connectivity index (χ4n) is 9.12. The number of rotatable bonds is 2. The first kappa shape index (κ1) is 30.7. The maximum atomic E-state index is 2.51. The predicted molar refractivity (Wildman–Crippen MR) is 197 cm³/mol. The maximum Gasteiger partial charge on any atom is 0.0152 e. The van der Waals surface area contributed by atoms with Crippen molar-refractivity contribution in [1.29, 1.82) is 0 Å². The summed E-state index contributed by atoms with van der Waals surface area (Å²) in [6, 6.07) is 39.7. The van der Waals surface area contributed by atoms with Crippen molar-refractivity contribution in [2.75, 3.05) is 0 Å². The van der Waals surface area contributed by atoms with Crippen LogP contribution in [0.25, 0.3) is 22.3 Å². The molecule has 0 nitrogen and oxygen atoms in total. The van der Waals surface area contributed by atoms with Crippen LogP contribution in [-0.4, -0.2) is 0 Å². The third-order valence-electron chi connectivity index (χ3n) is 11.7. The van der Waals surface area contributed by atoms with E-state index in [2.05, 4.69) is 179 Å². The molecule has 5 aromatic carbocycles. The molecule has 0 spiro atoms. The van der Waals surface area contributed by atoms with Crippen molar-refractivity contribution in [2.45, 2.75) is 103 Å². The minimum Gasteiger partial charge on any atom is -0.0619 e. The van der Waals surface area contributed by atoms with Crippen molar-refractivity contribution >= 4 is 0 Å². The molecule has 0 heterocycles. The monoisotopic (exact) mass is 602 g/mol. The van der Waals surface area contributed by atoms with Gasteiger partial charge >= 0.3 is 0 Å². The zero-order valence-electron chi connectivity index (χ0n) is 29.8. The molecule has 0 saturated heterocycles. The molecule has 0 radical (unpaired) electrons. The third kappa shape index (κ3) is 4.25. The lowest BCUT2D eigenvalue weighted by molar-refractivity contribution is 0.520. The molecule has 0 amide bonds. The zero-order chi connectivity index (χ0) is 33.0. The Morgan fingerprint density at radius 2 is 0.652 bits per heavy atom. The van der Waals surface area contributed by atoms with Crippen LogP contribution < -0.4 is 0 Å². The lowest BCUT2D eigenvalue weighted by atomic mass is 9.59. The summed E-state index contributed by atoms with van der Waals surface area (Å²) in [7, 11) is 0.